The Kier molecular flexibility index (Phi) is 4.98. The van der Waals surface area contributed by atoms with Crippen LogP contribution in [-0.4, -0.2) is 24.4 Å². The van der Waals surface area contributed by atoms with Gasteiger partial charge in [-0.25, -0.2) is 4.79 Å². The Bertz CT molecular complexity index is 853. The third-order valence-corrected chi connectivity index (χ3v) is 3.62. The zero-order valence-electron chi connectivity index (χ0n) is 13.3. The fraction of sp³-hybridized carbons (Fsp3) is 0.278. The van der Waals surface area contributed by atoms with Crippen molar-refractivity contribution in [1.29, 1.82) is 0 Å². The summed E-state index contributed by atoms with van der Waals surface area (Å²) in [6.45, 7) is 2.91. The molecule has 0 aliphatic rings. The zero-order valence-corrected chi connectivity index (χ0v) is 13.3. The first-order valence-electron chi connectivity index (χ1n) is 7.70. The lowest BCUT2D eigenvalue weighted by atomic mass is 10.1. The zero-order chi connectivity index (χ0) is 16.9. The summed E-state index contributed by atoms with van der Waals surface area (Å²) in [5, 5.41) is 13.9. The number of benzene rings is 1. The van der Waals surface area contributed by atoms with Crippen LogP contribution in [0.3, 0.4) is 0 Å². The van der Waals surface area contributed by atoms with E-state index in [4.69, 9.17) is 13.6 Å². The molecule has 2 aromatic heterocycles. The van der Waals surface area contributed by atoms with Crippen molar-refractivity contribution in [3.8, 4) is 5.75 Å². The number of ether oxygens (including phenoxy) is 1. The van der Waals surface area contributed by atoms with Crippen LogP contribution in [0, 0.1) is 6.92 Å². The fourth-order valence-electron chi connectivity index (χ4n) is 2.42. The van der Waals surface area contributed by atoms with Crippen LogP contribution < -0.4 is 15.7 Å². The molecule has 3 rings (SSSR count). The molecule has 6 heteroatoms. The summed E-state index contributed by atoms with van der Waals surface area (Å²) in [5.41, 5.74) is 0.942. The van der Waals surface area contributed by atoms with E-state index >= 15 is 0 Å². The van der Waals surface area contributed by atoms with Gasteiger partial charge in [0.25, 0.3) is 0 Å². The quantitative estimate of drug-likeness (QED) is 0.647. The first-order valence-corrected chi connectivity index (χ1v) is 7.70. The molecule has 1 atom stereocenters. The van der Waals surface area contributed by atoms with Crippen LogP contribution in [-0.2, 0) is 6.54 Å². The van der Waals surface area contributed by atoms with Gasteiger partial charge in [-0.1, -0.05) is 0 Å². The summed E-state index contributed by atoms with van der Waals surface area (Å²) in [5.74, 6) is 1.35. The monoisotopic (exact) mass is 329 g/mol. The summed E-state index contributed by atoms with van der Waals surface area (Å²) in [6.07, 6.45) is 0.941. The minimum absolute atomic E-state index is 0.132. The molecule has 1 aromatic carbocycles. The normalized spacial score (nSPS) is 12.4. The Morgan fingerprint density at radius 1 is 1.29 bits per heavy atom. The average Bonchev–Trinajstić information content (AvgIpc) is 3.05. The molecule has 0 unspecified atom stereocenters. The van der Waals surface area contributed by atoms with E-state index in [0.717, 1.165) is 16.7 Å². The Morgan fingerprint density at radius 2 is 2.17 bits per heavy atom. The topological polar surface area (TPSA) is 84.8 Å². The van der Waals surface area contributed by atoms with E-state index < -0.39 is 6.10 Å². The second-order valence-corrected chi connectivity index (χ2v) is 5.58. The molecular formula is C18H19NO5. The molecule has 0 radical (unpaired) electrons. The van der Waals surface area contributed by atoms with Crippen molar-refractivity contribution in [3.63, 3.8) is 0 Å². The summed E-state index contributed by atoms with van der Waals surface area (Å²) in [6, 6.07) is 10.4. The van der Waals surface area contributed by atoms with Gasteiger partial charge >= 0.3 is 5.63 Å². The van der Waals surface area contributed by atoms with E-state index in [-0.39, 0.29) is 12.2 Å². The predicted octanol–water partition coefficient (Wildman–Crippen LogP) is 2.22. The van der Waals surface area contributed by atoms with E-state index in [1.165, 1.54) is 6.07 Å². The number of fused-ring (bicyclic) bond motifs is 1. The van der Waals surface area contributed by atoms with E-state index in [2.05, 4.69) is 5.32 Å². The number of hydrogen-bond donors (Lipinski definition) is 2. The molecule has 2 heterocycles. The van der Waals surface area contributed by atoms with Gasteiger partial charge < -0.3 is 24.0 Å². The SMILES string of the molecule is Cc1cc(=O)oc2cc(OC[C@@H](O)CNCc3ccco3)ccc12. The smallest absolute Gasteiger partial charge is 0.336 e. The summed E-state index contributed by atoms with van der Waals surface area (Å²) in [7, 11) is 0. The summed E-state index contributed by atoms with van der Waals surface area (Å²) >= 11 is 0. The van der Waals surface area contributed by atoms with Gasteiger partial charge in [0.05, 0.1) is 12.8 Å². The van der Waals surface area contributed by atoms with E-state index in [1.54, 1.807) is 18.4 Å². The van der Waals surface area contributed by atoms with E-state index in [0.29, 0.717) is 24.4 Å². The van der Waals surface area contributed by atoms with Crippen LogP contribution in [0.4, 0.5) is 0 Å². The van der Waals surface area contributed by atoms with Crippen LogP contribution >= 0.6 is 0 Å². The third kappa shape index (κ3) is 4.04. The molecule has 126 valence electrons. The largest absolute Gasteiger partial charge is 0.491 e. The average molecular weight is 329 g/mol. The Morgan fingerprint density at radius 3 is 2.96 bits per heavy atom. The number of hydrogen-bond acceptors (Lipinski definition) is 6. The number of nitrogens with one attached hydrogen (secondary N) is 1. The van der Waals surface area contributed by atoms with Crippen LogP contribution in [0.15, 0.2) is 56.3 Å². The Balaban J connectivity index is 1.54. The van der Waals surface area contributed by atoms with Crippen LogP contribution in [0.5, 0.6) is 5.75 Å². The molecule has 0 aliphatic carbocycles. The van der Waals surface area contributed by atoms with Crippen LogP contribution in [0.2, 0.25) is 0 Å². The highest BCUT2D eigenvalue weighted by Crippen LogP contribution is 2.22. The standard InChI is InChI=1S/C18H19NO5/c1-12-7-18(21)24-17-8-14(4-5-16(12)17)23-11-13(20)9-19-10-15-3-2-6-22-15/h2-8,13,19-20H,9-11H2,1H3/t13-/m0/s1. The van der Waals surface area contributed by atoms with Gasteiger partial charge in [-0.3, -0.25) is 0 Å². The fourth-order valence-corrected chi connectivity index (χ4v) is 2.42. The molecule has 3 aromatic rings. The van der Waals surface area contributed by atoms with Gasteiger partial charge in [0.1, 0.15) is 29.8 Å². The second-order valence-electron chi connectivity index (χ2n) is 5.58. The highest BCUT2D eigenvalue weighted by atomic mass is 16.5. The van der Waals surface area contributed by atoms with Crippen molar-refractivity contribution in [2.75, 3.05) is 13.2 Å². The molecule has 0 saturated heterocycles. The molecule has 0 bridgehead atoms. The first kappa shape index (κ1) is 16.3. The minimum atomic E-state index is -0.667. The van der Waals surface area contributed by atoms with Crippen molar-refractivity contribution in [2.24, 2.45) is 0 Å². The molecule has 0 saturated carbocycles. The summed E-state index contributed by atoms with van der Waals surface area (Å²) < 4.78 is 15.9. The van der Waals surface area contributed by atoms with Gasteiger partial charge in [-0.2, -0.15) is 0 Å². The molecule has 24 heavy (non-hydrogen) atoms. The number of furan rings is 1. The van der Waals surface area contributed by atoms with Gasteiger partial charge in [-0.05, 0) is 36.8 Å². The van der Waals surface area contributed by atoms with E-state index in [1.807, 2.05) is 25.1 Å². The Hall–Kier alpha value is -2.57. The molecule has 2 N–H and O–H groups in total. The second kappa shape index (κ2) is 7.33. The van der Waals surface area contributed by atoms with E-state index in [9.17, 15) is 9.90 Å². The maximum Gasteiger partial charge on any atom is 0.336 e. The van der Waals surface area contributed by atoms with Gasteiger partial charge in [0, 0.05) is 24.1 Å². The predicted molar refractivity (Wildman–Crippen MR) is 89.1 cm³/mol. The number of rotatable bonds is 7. The lowest BCUT2D eigenvalue weighted by Gasteiger charge is -2.13. The van der Waals surface area contributed by atoms with Crippen LogP contribution in [0.25, 0.3) is 11.0 Å². The molecular weight excluding hydrogens is 310 g/mol. The van der Waals surface area contributed by atoms with Gasteiger partial charge in [-0.15, -0.1) is 0 Å². The highest BCUT2D eigenvalue weighted by Gasteiger charge is 2.08. The molecule has 0 fully saturated rings. The highest BCUT2D eigenvalue weighted by molar-refractivity contribution is 5.81. The molecule has 6 nitrogen and oxygen atoms in total. The van der Waals surface area contributed by atoms with Crippen LogP contribution in [0.1, 0.15) is 11.3 Å². The number of aryl methyl sites for hydroxylation is 1. The molecule has 0 spiro atoms. The van der Waals surface area contributed by atoms with Crippen molar-refractivity contribution < 1.29 is 18.7 Å². The lowest BCUT2D eigenvalue weighted by molar-refractivity contribution is 0.106. The van der Waals surface area contributed by atoms with Gasteiger partial charge in [0.2, 0.25) is 0 Å². The molecule has 0 amide bonds. The minimum Gasteiger partial charge on any atom is -0.491 e. The van der Waals surface area contributed by atoms with Crippen molar-refractivity contribution in [1.82, 2.24) is 5.32 Å². The lowest BCUT2D eigenvalue weighted by Crippen LogP contribution is -2.31. The van der Waals surface area contributed by atoms with Crippen molar-refractivity contribution >= 4 is 11.0 Å². The number of aliphatic hydroxyl groups excluding tert-OH is 1. The summed E-state index contributed by atoms with van der Waals surface area (Å²) in [4.78, 5) is 11.4. The number of aliphatic hydroxyl groups is 1. The first-order chi connectivity index (χ1) is 11.6. The van der Waals surface area contributed by atoms with Crippen molar-refractivity contribution in [3.05, 3.63) is 64.4 Å². The Labute approximate surface area is 138 Å². The van der Waals surface area contributed by atoms with Crippen molar-refractivity contribution in [2.45, 2.75) is 19.6 Å². The maximum absolute atomic E-state index is 11.4. The maximum atomic E-state index is 11.4. The van der Waals surface area contributed by atoms with Gasteiger partial charge in [0.15, 0.2) is 0 Å². The third-order valence-electron chi connectivity index (χ3n) is 3.62. The molecule has 0 aliphatic heterocycles.